The van der Waals surface area contributed by atoms with Gasteiger partial charge in [0.2, 0.25) is 0 Å². The summed E-state index contributed by atoms with van der Waals surface area (Å²) in [5.74, 6) is 1.85. The lowest BCUT2D eigenvalue weighted by Gasteiger charge is -2.27. The molecule has 1 saturated carbocycles. The van der Waals surface area contributed by atoms with Crippen molar-refractivity contribution in [3.05, 3.63) is 24.3 Å². The number of rotatable bonds is 5. The van der Waals surface area contributed by atoms with Crippen LogP contribution < -0.4 is 10.5 Å². The second kappa shape index (κ2) is 7.06. The van der Waals surface area contributed by atoms with Crippen molar-refractivity contribution in [1.82, 2.24) is 0 Å². The first-order chi connectivity index (χ1) is 9.20. The normalized spacial score (nSPS) is 19.9. The van der Waals surface area contributed by atoms with Crippen molar-refractivity contribution in [1.29, 1.82) is 0 Å². The Kier molecular flexibility index (Phi) is 5.40. The van der Waals surface area contributed by atoms with Gasteiger partial charge in [-0.25, -0.2) is 0 Å². The van der Waals surface area contributed by atoms with E-state index in [0.29, 0.717) is 11.7 Å². The maximum absolute atomic E-state index is 12.3. The van der Waals surface area contributed by atoms with Crippen LogP contribution >= 0.6 is 0 Å². The van der Waals surface area contributed by atoms with Crippen LogP contribution in [0.1, 0.15) is 32.1 Å². The Labute approximate surface area is 118 Å². The fourth-order valence-electron chi connectivity index (χ4n) is 2.71. The summed E-state index contributed by atoms with van der Waals surface area (Å²) in [6, 6.07) is 7.50. The van der Waals surface area contributed by atoms with Crippen LogP contribution in [0.2, 0.25) is 0 Å². The van der Waals surface area contributed by atoms with Crippen LogP contribution in [-0.4, -0.2) is 23.1 Å². The second-order valence-corrected chi connectivity index (χ2v) is 6.75. The maximum Gasteiger partial charge on any atom is 0.120 e. The molecule has 2 unspecified atom stereocenters. The second-order valence-electron chi connectivity index (χ2n) is 5.25. The summed E-state index contributed by atoms with van der Waals surface area (Å²) in [4.78, 5) is 0.811. The third-order valence-electron chi connectivity index (χ3n) is 3.90. The van der Waals surface area contributed by atoms with Gasteiger partial charge in [-0.1, -0.05) is 25.3 Å². The topological polar surface area (TPSA) is 52.3 Å². The Morgan fingerprint density at radius 3 is 2.79 bits per heavy atom. The highest BCUT2D eigenvalue weighted by Crippen LogP contribution is 2.26. The number of methoxy groups -OCH3 is 1. The highest BCUT2D eigenvalue weighted by atomic mass is 32.2. The SMILES string of the molecule is COc1cccc(S(=O)CC(N)C2CCCCC2)c1. The minimum Gasteiger partial charge on any atom is -0.497 e. The smallest absolute Gasteiger partial charge is 0.120 e. The first kappa shape index (κ1) is 14.5. The summed E-state index contributed by atoms with van der Waals surface area (Å²) in [5.41, 5.74) is 6.23. The summed E-state index contributed by atoms with van der Waals surface area (Å²) in [6.07, 6.45) is 6.24. The Morgan fingerprint density at radius 1 is 1.37 bits per heavy atom. The molecule has 1 aliphatic carbocycles. The van der Waals surface area contributed by atoms with E-state index in [1.54, 1.807) is 7.11 Å². The Balaban J connectivity index is 1.95. The highest BCUT2D eigenvalue weighted by molar-refractivity contribution is 7.85. The third-order valence-corrected chi connectivity index (χ3v) is 5.37. The minimum atomic E-state index is -1.03. The van der Waals surface area contributed by atoms with Crippen LogP contribution in [0.5, 0.6) is 5.75 Å². The van der Waals surface area contributed by atoms with Crippen molar-refractivity contribution in [2.75, 3.05) is 12.9 Å². The minimum absolute atomic E-state index is 0.0485. The van der Waals surface area contributed by atoms with Gasteiger partial charge < -0.3 is 10.5 Å². The van der Waals surface area contributed by atoms with E-state index in [1.807, 2.05) is 24.3 Å². The number of benzene rings is 1. The predicted molar refractivity (Wildman–Crippen MR) is 78.8 cm³/mol. The lowest BCUT2D eigenvalue weighted by atomic mass is 9.85. The largest absolute Gasteiger partial charge is 0.497 e. The van der Waals surface area contributed by atoms with Crippen LogP contribution in [0, 0.1) is 5.92 Å². The molecule has 1 fully saturated rings. The van der Waals surface area contributed by atoms with Gasteiger partial charge in [0.05, 0.1) is 17.9 Å². The standard InChI is InChI=1S/C15H23NO2S/c1-18-13-8-5-9-14(10-13)19(17)11-15(16)12-6-3-2-4-7-12/h5,8-10,12,15H,2-4,6-7,11,16H2,1H3. The number of ether oxygens (including phenoxy) is 1. The molecule has 106 valence electrons. The van der Waals surface area contributed by atoms with Gasteiger partial charge in [-0.3, -0.25) is 4.21 Å². The molecule has 3 nitrogen and oxygen atoms in total. The molecule has 19 heavy (non-hydrogen) atoms. The van der Waals surface area contributed by atoms with Gasteiger partial charge in [-0.15, -0.1) is 0 Å². The van der Waals surface area contributed by atoms with Crippen LogP contribution in [-0.2, 0) is 10.8 Å². The van der Waals surface area contributed by atoms with Crippen LogP contribution in [0.3, 0.4) is 0 Å². The zero-order valence-corrected chi connectivity index (χ0v) is 12.3. The summed E-state index contributed by atoms with van der Waals surface area (Å²) in [5, 5.41) is 0. The fourth-order valence-corrected chi connectivity index (χ4v) is 4.00. The predicted octanol–water partition coefficient (Wildman–Crippen LogP) is 2.71. The van der Waals surface area contributed by atoms with E-state index >= 15 is 0 Å². The lowest BCUT2D eigenvalue weighted by Crippen LogP contribution is -2.36. The maximum atomic E-state index is 12.3. The van der Waals surface area contributed by atoms with Crippen molar-refractivity contribution >= 4 is 10.8 Å². The average molecular weight is 281 g/mol. The monoisotopic (exact) mass is 281 g/mol. The average Bonchev–Trinajstić information content (AvgIpc) is 2.48. The van der Waals surface area contributed by atoms with Crippen molar-refractivity contribution in [3.63, 3.8) is 0 Å². The Bertz CT molecular complexity index is 430. The van der Waals surface area contributed by atoms with E-state index in [4.69, 9.17) is 10.5 Å². The zero-order valence-electron chi connectivity index (χ0n) is 11.5. The molecule has 0 amide bonds. The highest BCUT2D eigenvalue weighted by Gasteiger charge is 2.22. The molecule has 2 N–H and O–H groups in total. The first-order valence-corrected chi connectivity index (χ1v) is 8.30. The zero-order chi connectivity index (χ0) is 13.7. The van der Waals surface area contributed by atoms with E-state index in [2.05, 4.69) is 0 Å². The molecule has 0 heterocycles. The summed E-state index contributed by atoms with van der Waals surface area (Å²) in [7, 11) is 0.589. The number of hydrogen-bond acceptors (Lipinski definition) is 3. The van der Waals surface area contributed by atoms with Crippen LogP contribution in [0.15, 0.2) is 29.2 Å². The molecule has 0 aliphatic heterocycles. The van der Waals surface area contributed by atoms with Gasteiger partial charge in [0.15, 0.2) is 0 Å². The van der Waals surface area contributed by atoms with Crippen molar-refractivity contribution in [2.24, 2.45) is 11.7 Å². The van der Waals surface area contributed by atoms with E-state index in [1.165, 1.54) is 32.1 Å². The molecular formula is C15H23NO2S. The molecule has 2 rings (SSSR count). The fraction of sp³-hybridized carbons (Fsp3) is 0.600. The van der Waals surface area contributed by atoms with Crippen molar-refractivity contribution < 1.29 is 8.95 Å². The lowest BCUT2D eigenvalue weighted by molar-refractivity contribution is 0.318. The summed E-state index contributed by atoms with van der Waals surface area (Å²) in [6.45, 7) is 0. The molecule has 1 aromatic carbocycles. The van der Waals surface area contributed by atoms with Crippen LogP contribution in [0.25, 0.3) is 0 Å². The molecule has 4 heteroatoms. The van der Waals surface area contributed by atoms with Gasteiger partial charge in [0.25, 0.3) is 0 Å². The van der Waals surface area contributed by atoms with Gasteiger partial charge in [-0.05, 0) is 37.0 Å². The molecule has 1 aromatic rings. The molecule has 0 spiro atoms. The van der Waals surface area contributed by atoms with E-state index in [0.717, 1.165) is 10.6 Å². The third kappa shape index (κ3) is 4.05. The molecule has 2 atom stereocenters. The van der Waals surface area contributed by atoms with Crippen molar-refractivity contribution in [3.8, 4) is 5.75 Å². The molecule has 1 aliphatic rings. The van der Waals surface area contributed by atoms with E-state index in [-0.39, 0.29) is 6.04 Å². The quantitative estimate of drug-likeness (QED) is 0.903. The van der Waals surface area contributed by atoms with E-state index < -0.39 is 10.8 Å². The van der Waals surface area contributed by atoms with Gasteiger partial charge >= 0.3 is 0 Å². The van der Waals surface area contributed by atoms with E-state index in [9.17, 15) is 4.21 Å². The van der Waals surface area contributed by atoms with Gasteiger partial charge in [0.1, 0.15) is 5.75 Å². The molecule has 0 saturated heterocycles. The number of hydrogen-bond donors (Lipinski definition) is 1. The van der Waals surface area contributed by atoms with Crippen molar-refractivity contribution in [2.45, 2.75) is 43.0 Å². The van der Waals surface area contributed by atoms with Gasteiger partial charge in [-0.2, -0.15) is 0 Å². The Hall–Kier alpha value is -0.870. The Morgan fingerprint density at radius 2 is 2.11 bits per heavy atom. The summed E-state index contributed by atoms with van der Waals surface area (Å²) < 4.78 is 17.5. The van der Waals surface area contributed by atoms with Gasteiger partial charge in [0, 0.05) is 16.7 Å². The number of nitrogens with two attached hydrogens (primary N) is 1. The first-order valence-electron chi connectivity index (χ1n) is 6.98. The molecule has 0 aromatic heterocycles. The molecular weight excluding hydrogens is 258 g/mol. The van der Waals surface area contributed by atoms with Crippen LogP contribution in [0.4, 0.5) is 0 Å². The molecule has 0 bridgehead atoms. The molecule has 0 radical (unpaired) electrons. The summed E-state index contributed by atoms with van der Waals surface area (Å²) >= 11 is 0.